The zero-order valence-electron chi connectivity index (χ0n) is 15.5. The zero-order valence-corrected chi connectivity index (χ0v) is 15.5. The largest absolute Gasteiger partial charge is 0.361 e. The van der Waals surface area contributed by atoms with Crippen LogP contribution in [0.4, 0.5) is 0 Å². The van der Waals surface area contributed by atoms with Gasteiger partial charge in [0.1, 0.15) is 0 Å². The maximum Gasteiger partial charge on any atom is 0.251 e. The van der Waals surface area contributed by atoms with Crippen LogP contribution in [0.2, 0.25) is 0 Å². The Morgan fingerprint density at radius 1 is 1.11 bits per heavy atom. The molecule has 2 N–H and O–H groups in total. The third-order valence-electron chi connectivity index (χ3n) is 4.84. The van der Waals surface area contributed by atoms with E-state index in [2.05, 4.69) is 16.0 Å². The van der Waals surface area contributed by atoms with Crippen LogP contribution in [0.3, 0.4) is 0 Å². The summed E-state index contributed by atoms with van der Waals surface area (Å²) < 4.78 is 0. The van der Waals surface area contributed by atoms with Gasteiger partial charge in [-0.3, -0.25) is 4.79 Å². The summed E-state index contributed by atoms with van der Waals surface area (Å²) in [5.74, 6) is 0. The van der Waals surface area contributed by atoms with Gasteiger partial charge in [0.2, 0.25) is 0 Å². The Hall–Kier alpha value is -3.84. The summed E-state index contributed by atoms with van der Waals surface area (Å²) in [6.45, 7) is 1.96. The van der Waals surface area contributed by atoms with Crippen molar-refractivity contribution >= 4 is 22.6 Å². The Balaban J connectivity index is 1.76. The molecule has 0 amide bonds. The van der Waals surface area contributed by atoms with Gasteiger partial charge in [-0.2, -0.15) is 5.26 Å². The van der Waals surface area contributed by atoms with Crippen molar-refractivity contribution in [2.24, 2.45) is 0 Å². The second-order valence-electron chi connectivity index (χ2n) is 6.66. The van der Waals surface area contributed by atoms with Gasteiger partial charge in [-0.05, 0) is 64.9 Å². The quantitative estimate of drug-likeness (QED) is 0.388. The van der Waals surface area contributed by atoms with Gasteiger partial charge in [-0.1, -0.05) is 37.3 Å². The van der Waals surface area contributed by atoms with Gasteiger partial charge in [0.05, 0.1) is 11.6 Å². The van der Waals surface area contributed by atoms with Crippen LogP contribution in [0, 0.1) is 11.3 Å². The number of nitrogens with one attached hydrogen (secondary N) is 2. The van der Waals surface area contributed by atoms with Crippen LogP contribution < -0.4 is 5.56 Å². The molecule has 2 aromatic heterocycles. The molecule has 0 aliphatic heterocycles. The molecule has 0 unspecified atom stereocenters. The predicted octanol–water partition coefficient (Wildman–Crippen LogP) is 5.15. The van der Waals surface area contributed by atoms with Gasteiger partial charge in [0.15, 0.2) is 0 Å². The van der Waals surface area contributed by atoms with E-state index in [-0.39, 0.29) is 5.56 Å². The number of benzene rings is 2. The topological polar surface area (TPSA) is 72.4 Å². The molecule has 0 radical (unpaired) electrons. The minimum atomic E-state index is -0.0757. The average Bonchev–Trinajstić information content (AvgIpc) is 3.26. The number of allylic oxidation sites excluding steroid dienone is 1. The number of fused-ring (bicyclic) bond motifs is 1. The number of aryl methyl sites for hydroxylation is 1. The monoisotopic (exact) mass is 365 g/mol. The van der Waals surface area contributed by atoms with Crippen molar-refractivity contribution in [2.75, 3.05) is 0 Å². The van der Waals surface area contributed by atoms with Crippen molar-refractivity contribution in [1.82, 2.24) is 9.97 Å². The molecule has 0 atom stereocenters. The van der Waals surface area contributed by atoms with Crippen molar-refractivity contribution in [3.05, 3.63) is 93.9 Å². The second kappa shape index (κ2) is 7.42. The number of pyridine rings is 1. The summed E-state index contributed by atoms with van der Waals surface area (Å²) in [5.41, 5.74) is 5.78. The molecule has 4 aromatic rings. The van der Waals surface area contributed by atoms with E-state index >= 15 is 0 Å². The zero-order chi connectivity index (χ0) is 19.5. The summed E-state index contributed by atoms with van der Waals surface area (Å²) in [6.07, 6.45) is 4.44. The molecule has 0 spiro atoms. The summed E-state index contributed by atoms with van der Waals surface area (Å²) in [7, 11) is 0. The van der Waals surface area contributed by atoms with Crippen LogP contribution in [0.15, 0.2) is 71.7 Å². The molecule has 0 saturated carbocycles. The highest BCUT2D eigenvalue weighted by Crippen LogP contribution is 2.24. The third-order valence-corrected chi connectivity index (χ3v) is 4.84. The normalized spacial score (nSPS) is 11.5. The molecule has 0 fully saturated rings. The molecule has 2 heterocycles. The highest BCUT2D eigenvalue weighted by molar-refractivity contribution is 5.93. The first-order chi connectivity index (χ1) is 13.7. The van der Waals surface area contributed by atoms with E-state index in [1.165, 1.54) is 0 Å². The van der Waals surface area contributed by atoms with Crippen molar-refractivity contribution in [3.8, 4) is 17.3 Å². The molecule has 2 aromatic carbocycles. The number of aromatic nitrogens is 2. The first kappa shape index (κ1) is 17.6. The second-order valence-corrected chi connectivity index (χ2v) is 6.66. The van der Waals surface area contributed by atoms with E-state index in [0.29, 0.717) is 12.0 Å². The van der Waals surface area contributed by atoms with Gasteiger partial charge in [-0.25, -0.2) is 0 Å². The Morgan fingerprint density at radius 2 is 2.00 bits per heavy atom. The molecule has 0 aliphatic carbocycles. The van der Waals surface area contributed by atoms with Crippen LogP contribution >= 0.6 is 0 Å². The van der Waals surface area contributed by atoms with Crippen LogP contribution in [0.1, 0.15) is 23.6 Å². The molecule has 4 heteroatoms. The van der Waals surface area contributed by atoms with Gasteiger partial charge < -0.3 is 9.97 Å². The van der Waals surface area contributed by atoms with E-state index in [9.17, 15) is 10.1 Å². The lowest BCUT2D eigenvalue weighted by atomic mass is 10.00. The minimum absolute atomic E-state index is 0.0757. The summed E-state index contributed by atoms with van der Waals surface area (Å²) in [5, 5.41) is 10.7. The van der Waals surface area contributed by atoms with Crippen molar-refractivity contribution in [3.63, 3.8) is 0 Å². The Bertz CT molecular complexity index is 1270. The summed E-state index contributed by atoms with van der Waals surface area (Å²) in [4.78, 5) is 18.2. The molecule has 136 valence electrons. The number of rotatable bonds is 4. The lowest BCUT2D eigenvalue weighted by molar-refractivity contribution is 1.08. The first-order valence-electron chi connectivity index (χ1n) is 9.20. The highest BCUT2D eigenvalue weighted by atomic mass is 16.1. The third kappa shape index (κ3) is 3.38. The van der Waals surface area contributed by atoms with Crippen LogP contribution in [0.5, 0.6) is 0 Å². The smallest absolute Gasteiger partial charge is 0.251 e. The number of nitriles is 1. The van der Waals surface area contributed by atoms with Crippen LogP contribution in [0.25, 0.3) is 33.8 Å². The van der Waals surface area contributed by atoms with Crippen molar-refractivity contribution < 1.29 is 0 Å². The fraction of sp³-hybridized carbons (Fsp3) is 0.0833. The molecular weight excluding hydrogens is 346 g/mol. The van der Waals surface area contributed by atoms with Gasteiger partial charge >= 0.3 is 0 Å². The Kier molecular flexibility index (Phi) is 4.65. The summed E-state index contributed by atoms with van der Waals surface area (Å²) >= 11 is 0. The standard InChI is InChI=1S/C24H19N3O/c1-2-17-13-20-9-8-18(14-23(20)27-24(17)28)21(15-25)12-16-5-3-6-19(11-16)22-7-4-10-26-22/h3-14,26H,2H2,1H3,(H,27,28)/b21-12+. The molecule has 0 bridgehead atoms. The number of hydrogen-bond donors (Lipinski definition) is 2. The first-order valence-corrected chi connectivity index (χ1v) is 9.20. The van der Waals surface area contributed by atoms with Crippen LogP contribution in [-0.4, -0.2) is 9.97 Å². The maximum absolute atomic E-state index is 12.1. The molecule has 4 nitrogen and oxygen atoms in total. The van der Waals surface area contributed by atoms with Crippen molar-refractivity contribution in [1.29, 1.82) is 5.26 Å². The summed E-state index contributed by atoms with van der Waals surface area (Å²) in [6, 6.07) is 21.9. The molecule has 28 heavy (non-hydrogen) atoms. The fourth-order valence-electron chi connectivity index (χ4n) is 3.33. The van der Waals surface area contributed by atoms with Crippen LogP contribution in [-0.2, 0) is 6.42 Å². The Labute approximate surface area is 162 Å². The minimum Gasteiger partial charge on any atom is -0.361 e. The maximum atomic E-state index is 12.1. The van der Waals surface area contributed by atoms with E-state index in [1.54, 1.807) is 0 Å². The number of H-pyrrole nitrogens is 2. The van der Waals surface area contributed by atoms with E-state index < -0.39 is 0 Å². The fourth-order valence-corrected chi connectivity index (χ4v) is 3.33. The van der Waals surface area contributed by atoms with Gasteiger partial charge in [-0.15, -0.1) is 0 Å². The lowest BCUT2D eigenvalue weighted by Gasteiger charge is -2.05. The van der Waals surface area contributed by atoms with E-state index in [4.69, 9.17) is 0 Å². The van der Waals surface area contributed by atoms with Gasteiger partial charge in [0.25, 0.3) is 5.56 Å². The molecular formula is C24H19N3O. The van der Waals surface area contributed by atoms with E-state index in [1.807, 2.05) is 79.9 Å². The number of nitrogens with zero attached hydrogens (tertiary/aromatic N) is 1. The molecule has 0 aliphatic rings. The molecule has 0 saturated heterocycles. The lowest BCUT2D eigenvalue weighted by Crippen LogP contribution is -2.11. The highest BCUT2D eigenvalue weighted by Gasteiger charge is 2.06. The molecule has 4 rings (SSSR count). The number of aromatic amines is 2. The SMILES string of the molecule is CCc1cc2ccc(/C(C#N)=C/c3cccc(-c4ccc[nH]4)c3)cc2[nH]c1=O. The number of hydrogen-bond acceptors (Lipinski definition) is 2. The Morgan fingerprint density at radius 3 is 2.75 bits per heavy atom. The van der Waals surface area contributed by atoms with Gasteiger partial charge in [0, 0.05) is 23.0 Å². The van der Waals surface area contributed by atoms with Crippen molar-refractivity contribution in [2.45, 2.75) is 13.3 Å². The predicted molar refractivity (Wildman–Crippen MR) is 114 cm³/mol. The average molecular weight is 365 g/mol. The van der Waals surface area contributed by atoms with E-state index in [0.717, 1.165) is 38.9 Å².